The number of benzene rings is 9. The fourth-order valence-corrected chi connectivity index (χ4v) is 8.20. The zero-order valence-electron chi connectivity index (χ0n) is 32.0. The van der Waals surface area contributed by atoms with Gasteiger partial charge in [0.2, 0.25) is 0 Å². The summed E-state index contributed by atoms with van der Waals surface area (Å²) in [6.45, 7) is 0. The molecule has 0 amide bonds. The number of rotatable bonds is 7. The van der Waals surface area contributed by atoms with Crippen LogP contribution >= 0.6 is 0 Å². The van der Waals surface area contributed by atoms with Crippen molar-refractivity contribution in [3.05, 3.63) is 212 Å². The quantitative estimate of drug-likeness (QED) is 0.163. The minimum atomic E-state index is 0.584. The highest BCUT2D eigenvalue weighted by atomic mass is 16.3. The van der Waals surface area contributed by atoms with E-state index in [-0.39, 0.29) is 0 Å². The molecule has 59 heavy (non-hydrogen) atoms. The third-order valence-corrected chi connectivity index (χ3v) is 11.1. The normalized spacial score (nSPS) is 11.4. The number of hydrogen-bond donors (Lipinski definition) is 0. The molecule has 0 fully saturated rings. The second-order valence-corrected chi connectivity index (χ2v) is 14.8. The van der Waals surface area contributed by atoms with Gasteiger partial charge in [0, 0.05) is 27.5 Å². The molecule has 11 aromatic rings. The Kier molecular flexibility index (Phi) is 8.45. The van der Waals surface area contributed by atoms with Gasteiger partial charge >= 0.3 is 0 Å². The molecule has 2 aromatic heterocycles. The van der Waals surface area contributed by atoms with E-state index in [0.717, 1.165) is 60.7 Å². The van der Waals surface area contributed by atoms with Crippen LogP contribution in [-0.4, -0.2) is 15.0 Å². The Morgan fingerprint density at radius 3 is 1.47 bits per heavy atom. The Bertz CT molecular complexity index is 3300. The zero-order valence-corrected chi connectivity index (χ0v) is 32.0. The molecule has 0 N–H and O–H groups in total. The smallest absolute Gasteiger partial charge is 0.164 e. The Labute approximate surface area is 341 Å². The summed E-state index contributed by atoms with van der Waals surface area (Å²) >= 11 is 0. The standard InChI is InChI=1S/C55H35N3O/c1-4-13-36(14-5-1)37-25-27-38(28-26-37)41-19-10-20-43(33-41)48-23-12-24-50-52(48)49-32-30-45(35-51(49)59-50)55-57-53(40-17-8-3-9-18-40)56-54(58-55)44-29-31-47-42(34-44)21-11-22-46(47)39-15-6-2-7-16-39/h1-35H. The number of fused-ring (bicyclic) bond motifs is 4. The van der Waals surface area contributed by atoms with Crippen molar-refractivity contribution >= 4 is 32.7 Å². The molecule has 0 atom stereocenters. The summed E-state index contributed by atoms with van der Waals surface area (Å²) < 4.78 is 6.60. The summed E-state index contributed by atoms with van der Waals surface area (Å²) in [5.74, 6) is 1.81. The summed E-state index contributed by atoms with van der Waals surface area (Å²) in [6, 6.07) is 74.1. The van der Waals surface area contributed by atoms with Gasteiger partial charge in [-0.2, -0.15) is 0 Å². The van der Waals surface area contributed by atoms with Crippen molar-refractivity contribution in [2.75, 3.05) is 0 Å². The van der Waals surface area contributed by atoms with E-state index in [4.69, 9.17) is 19.4 Å². The van der Waals surface area contributed by atoms with Crippen LogP contribution in [0.2, 0.25) is 0 Å². The van der Waals surface area contributed by atoms with Crippen molar-refractivity contribution in [2.24, 2.45) is 0 Å². The fourth-order valence-electron chi connectivity index (χ4n) is 8.20. The van der Waals surface area contributed by atoms with E-state index < -0.39 is 0 Å². The highest BCUT2D eigenvalue weighted by molar-refractivity contribution is 6.13. The van der Waals surface area contributed by atoms with Gasteiger partial charge in [-0.05, 0) is 85.6 Å². The van der Waals surface area contributed by atoms with Crippen LogP contribution in [0.4, 0.5) is 0 Å². The van der Waals surface area contributed by atoms with Gasteiger partial charge in [-0.15, -0.1) is 0 Å². The molecule has 0 radical (unpaired) electrons. The van der Waals surface area contributed by atoms with E-state index in [1.165, 1.54) is 33.2 Å². The van der Waals surface area contributed by atoms with Gasteiger partial charge in [-0.1, -0.05) is 182 Å². The van der Waals surface area contributed by atoms with Crippen molar-refractivity contribution in [1.29, 1.82) is 0 Å². The first-order chi connectivity index (χ1) is 29.2. The summed E-state index contributed by atoms with van der Waals surface area (Å²) in [5.41, 5.74) is 13.7. The topological polar surface area (TPSA) is 51.8 Å². The first-order valence-electron chi connectivity index (χ1n) is 19.8. The molecule has 4 heteroatoms. The zero-order chi connectivity index (χ0) is 39.1. The summed E-state index contributed by atoms with van der Waals surface area (Å²) in [5, 5.41) is 4.42. The van der Waals surface area contributed by atoms with Gasteiger partial charge < -0.3 is 4.42 Å². The molecule has 0 aliphatic carbocycles. The van der Waals surface area contributed by atoms with Crippen LogP contribution < -0.4 is 0 Å². The summed E-state index contributed by atoms with van der Waals surface area (Å²) in [7, 11) is 0. The van der Waals surface area contributed by atoms with Crippen LogP contribution in [0.15, 0.2) is 217 Å². The molecule has 0 unspecified atom stereocenters. The molecule has 0 saturated carbocycles. The van der Waals surface area contributed by atoms with Crippen LogP contribution in [0.3, 0.4) is 0 Å². The predicted octanol–water partition coefficient (Wildman–Crippen LogP) is 14.6. The monoisotopic (exact) mass is 753 g/mol. The number of furan rings is 1. The molecule has 4 nitrogen and oxygen atoms in total. The highest BCUT2D eigenvalue weighted by Crippen LogP contribution is 2.40. The maximum atomic E-state index is 6.60. The van der Waals surface area contributed by atoms with Crippen LogP contribution in [0.5, 0.6) is 0 Å². The summed E-state index contributed by atoms with van der Waals surface area (Å²) in [4.78, 5) is 15.2. The van der Waals surface area contributed by atoms with Gasteiger partial charge in [-0.25, -0.2) is 15.0 Å². The summed E-state index contributed by atoms with van der Waals surface area (Å²) in [6.07, 6.45) is 0. The van der Waals surface area contributed by atoms with Gasteiger partial charge in [0.05, 0.1) is 0 Å². The second-order valence-electron chi connectivity index (χ2n) is 14.8. The minimum absolute atomic E-state index is 0.584. The molecular formula is C55H35N3O. The maximum absolute atomic E-state index is 6.60. The van der Waals surface area contributed by atoms with E-state index in [1.807, 2.05) is 48.5 Å². The minimum Gasteiger partial charge on any atom is -0.456 e. The molecule has 0 spiro atoms. The van der Waals surface area contributed by atoms with Gasteiger partial charge in [-0.3, -0.25) is 0 Å². The molecule has 9 aromatic carbocycles. The average molecular weight is 754 g/mol. The van der Waals surface area contributed by atoms with E-state index in [9.17, 15) is 0 Å². The lowest BCUT2D eigenvalue weighted by molar-refractivity contribution is 0.669. The van der Waals surface area contributed by atoms with Crippen molar-refractivity contribution in [1.82, 2.24) is 15.0 Å². The van der Waals surface area contributed by atoms with Crippen LogP contribution in [-0.2, 0) is 0 Å². The largest absolute Gasteiger partial charge is 0.456 e. The van der Waals surface area contributed by atoms with E-state index >= 15 is 0 Å². The van der Waals surface area contributed by atoms with Crippen molar-refractivity contribution in [3.63, 3.8) is 0 Å². The van der Waals surface area contributed by atoms with Crippen LogP contribution in [0.25, 0.3) is 111 Å². The van der Waals surface area contributed by atoms with E-state index in [1.54, 1.807) is 0 Å². The third-order valence-electron chi connectivity index (χ3n) is 11.1. The van der Waals surface area contributed by atoms with Crippen molar-refractivity contribution in [3.8, 4) is 78.7 Å². The van der Waals surface area contributed by atoms with Crippen LogP contribution in [0.1, 0.15) is 0 Å². The lowest BCUT2D eigenvalue weighted by Gasteiger charge is -2.11. The van der Waals surface area contributed by atoms with Gasteiger partial charge in [0.15, 0.2) is 17.5 Å². The molecule has 2 heterocycles. The maximum Gasteiger partial charge on any atom is 0.164 e. The SMILES string of the molecule is c1ccc(-c2ccc(-c3cccc(-c4cccc5oc6cc(-c7nc(-c8ccccc8)nc(-c8ccc9c(-c%10ccccc%10)cccc9c8)n7)ccc6c45)c3)cc2)cc1. The third kappa shape index (κ3) is 6.43. The Balaban J connectivity index is 0.983. The lowest BCUT2D eigenvalue weighted by atomic mass is 9.95. The number of nitrogens with zero attached hydrogens (tertiary/aromatic N) is 3. The molecule has 276 valence electrons. The van der Waals surface area contributed by atoms with E-state index in [2.05, 4.69) is 164 Å². The fraction of sp³-hybridized carbons (Fsp3) is 0. The Morgan fingerprint density at radius 1 is 0.271 bits per heavy atom. The molecule has 0 aliphatic heterocycles. The molecule has 11 rings (SSSR count). The van der Waals surface area contributed by atoms with E-state index in [0.29, 0.717) is 17.5 Å². The number of aromatic nitrogens is 3. The molecule has 0 aliphatic rings. The first kappa shape index (κ1) is 34.3. The van der Waals surface area contributed by atoms with Gasteiger partial charge in [0.1, 0.15) is 11.2 Å². The molecule has 0 saturated heterocycles. The Hall–Kier alpha value is -7.95. The van der Waals surface area contributed by atoms with Crippen LogP contribution in [0, 0.1) is 0 Å². The predicted molar refractivity (Wildman–Crippen MR) is 243 cm³/mol. The molecule has 0 bridgehead atoms. The molecular weight excluding hydrogens is 719 g/mol. The lowest BCUT2D eigenvalue weighted by Crippen LogP contribution is -2.00. The first-order valence-corrected chi connectivity index (χ1v) is 19.8. The second kappa shape index (κ2) is 14.5. The van der Waals surface area contributed by atoms with Crippen molar-refractivity contribution < 1.29 is 4.42 Å². The highest BCUT2D eigenvalue weighted by Gasteiger charge is 2.17. The average Bonchev–Trinajstić information content (AvgIpc) is 3.70. The van der Waals surface area contributed by atoms with Crippen molar-refractivity contribution in [2.45, 2.75) is 0 Å². The van der Waals surface area contributed by atoms with Gasteiger partial charge in [0.25, 0.3) is 0 Å². The Morgan fingerprint density at radius 2 is 0.763 bits per heavy atom. The number of hydrogen-bond acceptors (Lipinski definition) is 4.